The topological polar surface area (TPSA) is 104 Å². The second-order valence-corrected chi connectivity index (χ2v) is 7.12. The van der Waals surface area contributed by atoms with E-state index in [1.807, 2.05) is 26.8 Å². The highest BCUT2D eigenvalue weighted by Gasteiger charge is 2.12. The van der Waals surface area contributed by atoms with Crippen molar-refractivity contribution in [1.82, 2.24) is 19.2 Å². The van der Waals surface area contributed by atoms with Crippen molar-refractivity contribution in [1.29, 1.82) is 0 Å². The lowest BCUT2D eigenvalue weighted by Crippen LogP contribution is -2.23. The maximum absolute atomic E-state index is 12.5. The maximum Gasteiger partial charge on any atom is 0.291 e. The number of carbonyl (C=O) groups excluding carboxylic acids is 1. The summed E-state index contributed by atoms with van der Waals surface area (Å²) in [7, 11) is 0. The lowest BCUT2D eigenvalue weighted by molar-refractivity contribution is 0.0996. The quantitative estimate of drug-likeness (QED) is 0.526. The first-order valence-electron chi connectivity index (χ1n) is 9.46. The molecule has 3 aromatic heterocycles. The predicted octanol–water partition coefficient (Wildman–Crippen LogP) is 3.20. The standard InChI is InChI=1S/C21H21N5O4/c1-13(2)25-12-22-21-24-16(10-19(27)26(21)25)11-30-18-9-15(7-6-14(18)3)23-20(28)17-5-4-8-29-17/h4-10,12-13H,11H2,1-3H3,(H,23,28). The van der Waals surface area contributed by atoms with Crippen LogP contribution in [0.15, 0.2) is 58.2 Å². The molecule has 1 aromatic carbocycles. The molecule has 3 heterocycles. The molecule has 0 atom stereocenters. The van der Waals surface area contributed by atoms with Crippen molar-refractivity contribution in [3.8, 4) is 5.75 Å². The Morgan fingerprint density at radius 1 is 1.27 bits per heavy atom. The number of anilines is 1. The summed E-state index contributed by atoms with van der Waals surface area (Å²) in [6.07, 6.45) is 3.03. The van der Waals surface area contributed by atoms with Gasteiger partial charge in [0.15, 0.2) is 5.76 Å². The average Bonchev–Trinajstić information content (AvgIpc) is 3.38. The van der Waals surface area contributed by atoms with E-state index in [1.54, 1.807) is 35.3 Å². The summed E-state index contributed by atoms with van der Waals surface area (Å²) in [5.74, 6) is 0.764. The van der Waals surface area contributed by atoms with Gasteiger partial charge in [0.05, 0.1) is 12.0 Å². The van der Waals surface area contributed by atoms with Gasteiger partial charge in [-0.25, -0.2) is 4.98 Å². The second kappa shape index (κ2) is 7.86. The van der Waals surface area contributed by atoms with Gasteiger partial charge in [0.2, 0.25) is 0 Å². The molecule has 9 heteroatoms. The van der Waals surface area contributed by atoms with Gasteiger partial charge in [-0.3, -0.25) is 14.3 Å². The zero-order chi connectivity index (χ0) is 21.3. The smallest absolute Gasteiger partial charge is 0.291 e. The molecule has 0 unspecified atom stereocenters. The molecular formula is C21H21N5O4. The van der Waals surface area contributed by atoms with Crippen LogP contribution in [0.1, 0.15) is 41.7 Å². The number of furan rings is 1. The Bertz CT molecular complexity index is 1250. The molecule has 0 saturated heterocycles. The Morgan fingerprint density at radius 2 is 2.10 bits per heavy atom. The molecule has 0 aliphatic carbocycles. The SMILES string of the molecule is Cc1ccc(NC(=O)c2ccco2)cc1OCc1cc(=O)n2c(ncn2C(C)C)n1. The largest absolute Gasteiger partial charge is 0.487 e. The van der Waals surface area contributed by atoms with E-state index in [0.29, 0.717) is 22.9 Å². The van der Waals surface area contributed by atoms with E-state index in [1.165, 1.54) is 16.8 Å². The molecule has 0 radical (unpaired) electrons. The van der Waals surface area contributed by atoms with Crippen LogP contribution in [0.3, 0.4) is 0 Å². The molecule has 9 nitrogen and oxygen atoms in total. The van der Waals surface area contributed by atoms with Gasteiger partial charge in [0, 0.05) is 23.9 Å². The minimum absolute atomic E-state index is 0.0818. The number of fused-ring (bicyclic) bond motifs is 1. The van der Waals surface area contributed by atoms with Crippen LogP contribution in [0, 0.1) is 6.92 Å². The van der Waals surface area contributed by atoms with E-state index in [2.05, 4.69) is 15.3 Å². The number of aromatic nitrogens is 4. The van der Waals surface area contributed by atoms with E-state index in [4.69, 9.17) is 9.15 Å². The molecule has 0 saturated carbocycles. The van der Waals surface area contributed by atoms with E-state index in [-0.39, 0.29) is 29.9 Å². The van der Waals surface area contributed by atoms with Crippen LogP contribution in [-0.2, 0) is 6.61 Å². The zero-order valence-electron chi connectivity index (χ0n) is 16.8. The molecule has 0 aliphatic rings. The lowest BCUT2D eigenvalue weighted by atomic mass is 10.2. The Hall–Kier alpha value is -3.88. The van der Waals surface area contributed by atoms with Crippen molar-refractivity contribution in [3.63, 3.8) is 0 Å². The van der Waals surface area contributed by atoms with Gasteiger partial charge in [-0.1, -0.05) is 6.07 Å². The summed E-state index contributed by atoms with van der Waals surface area (Å²) in [5.41, 5.74) is 1.70. The number of amides is 1. The van der Waals surface area contributed by atoms with Crippen LogP contribution in [0.2, 0.25) is 0 Å². The summed E-state index contributed by atoms with van der Waals surface area (Å²) in [4.78, 5) is 33.3. The highest BCUT2D eigenvalue weighted by atomic mass is 16.5. The number of benzene rings is 1. The van der Waals surface area contributed by atoms with Crippen LogP contribution < -0.4 is 15.6 Å². The lowest BCUT2D eigenvalue weighted by Gasteiger charge is -2.12. The normalized spacial score (nSPS) is 11.2. The third-order valence-electron chi connectivity index (χ3n) is 4.55. The number of rotatable bonds is 6. The Kier molecular flexibility index (Phi) is 5.09. The van der Waals surface area contributed by atoms with Gasteiger partial charge in [-0.05, 0) is 44.5 Å². The molecule has 0 bridgehead atoms. The first kappa shape index (κ1) is 19.4. The molecule has 0 aliphatic heterocycles. The van der Waals surface area contributed by atoms with Gasteiger partial charge in [0.25, 0.3) is 17.2 Å². The summed E-state index contributed by atoms with van der Waals surface area (Å²) >= 11 is 0. The van der Waals surface area contributed by atoms with Crippen LogP contribution in [-0.4, -0.2) is 25.1 Å². The summed E-state index contributed by atoms with van der Waals surface area (Å²) in [5, 5.41) is 2.76. The number of nitrogens with zero attached hydrogens (tertiary/aromatic N) is 4. The van der Waals surface area contributed by atoms with E-state index in [9.17, 15) is 9.59 Å². The zero-order valence-corrected chi connectivity index (χ0v) is 16.8. The minimum atomic E-state index is -0.351. The maximum atomic E-state index is 12.5. The van der Waals surface area contributed by atoms with Gasteiger partial charge in [0.1, 0.15) is 18.7 Å². The summed E-state index contributed by atoms with van der Waals surface area (Å²) in [6, 6.07) is 10.1. The third kappa shape index (κ3) is 3.82. The predicted molar refractivity (Wildman–Crippen MR) is 110 cm³/mol. The van der Waals surface area contributed by atoms with E-state index in [0.717, 1.165) is 5.56 Å². The van der Waals surface area contributed by atoms with E-state index < -0.39 is 0 Å². The Morgan fingerprint density at radius 3 is 2.83 bits per heavy atom. The number of hydrogen-bond acceptors (Lipinski definition) is 6. The number of hydrogen-bond donors (Lipinski definition) is 1. The van der Waals surface area contributed by atoms with Crippen molar-refractivity contribution in [3.05, 3.63) is 76.4 Å². The highest BCUT2D eigenvalue weighted by Crippen LogP contribution is 2.24. The number of ether oxygens (including phenoxy) is 1. The molecule has 30 heavy (non-hydrogen) atoms. The fourth-order valence-corrected chi connectivity index (χ4v) is 3.00. The van der Waals surface area contributed by atoms with Gasteiger partial charge >= 0.3 is 0 Å². The van der Waals surface area contributed by atoms with Crippen molar-refractivity contribution < 1.29 is 13.9 Å². The highest BCUT2D eigenvalue weighted by molar-refractivity contribution is 6.02. The molecule has 0 fully saturated rings. The van der Waals surface area contributed by atoms with Crippen LogP contribution >= 0.6 is 0 Å². The van der Waals surface area contributed by atoms with Crippen LogP contribution in [0.5, 0.6) is 5.75 Å². The van der Waals surface area contributed by atoms with Gasteiger partial charge in [-0.15, -0.1) is 0 Å². The molecular weight excluding hydrogens is 386 g/mol. The van der Waals surface area contributed by atoms with Crippen molar-refractivity contribution in [2.24, 2.45) is 0 Å². The molecule has 1 amide bonds. The van der Waals surface area contributed by atoms with Crippen molar-refractivity contribution in [2.45, 2.75) is 33.4 Å². The minimum Gasteiger partial charge on any atom is -0.487 e. The van der Waals surface area contributed by atoms with Crippen molar-refractivity contribution >= 4 is 17.4 Å². The van der Waals surface area contributed by atoms with Crippen LogP contribution in [0.4, 0.5) is 5.69 Å². The number of nitrogens with one attached hydrogen (secondary N) is 1. The molecule has 154 valence electrons. The Balaban J connectivity index is 1.52. The molecule has 0 spiro atoms. The molecule has 4 rings (SSSR count). The fourth-order valence-electron chi connectivity index (χ4n) is 3.00. The molecule has 4 aromatic rings. The fraction of sp³-hybridized carbons (Fsp3) is 0.238. The average molecular weight is 407 g/mol. The summed E-state index contributed by atoms with van der Waals surface area (Å²) in [6.45, 7) is 5.91. The second-order valence-electron chi connectivity index (χ2n) is 7.12. The summed E-state index contributed by atoms with van der Waals surface area (Å²) < 4.78 is 14.1. The van der Waals surface area contributed by atoms with Crippen molar-refractivity contribution in [2.75, 3.05) is 5.32 Å². The third-order valence-corrected chi connectivity index (χ3v) is 4.55. The van der Waals surface area contributed by atoms with Gasteiger partial charge < -0.3 is 14.5 Å². The molecule has 1 N–H and O–H groups in total. The van der Waals surface area contributed by atoms with E-state index >= 15 is 0 Å². The first-order valence-corrected chi connectivity index (χ1v) is 9.46. The number of carbonyl (C=O) groups is 1. The van der Waals surface area contributed by atoms with Gasteiger partial charge in [-0.2, -0.15) is 9.50 Å². The van der Waals surface area contributed by atoms with Crippen LogP contribution in [0.25, 0.3) is 5.78 Å². The monoisotopic (exact) mass is 407 g/mol. The Labute approximate surface area is 171 Å². The number of aryl methyl sites for hydroxylation is 1. The first-order chi connectivity index (χ1) is 14.4.